The molecule has 1 aromatic heterocycles. The predicted octanol–water partition coefficient (Wildman–Crippen LogP) is 3.16. The molecule has 168 valence electrons. The molecule has 2 aliphatic heterocycles. The second kappa shape index (κ2) is 8.49. The molecule has 0 saturated carbocycles. The minimum absolute atomic E-state index is 0.0365. The molecule has 1 spiro atoms. The lowest BCUT2D eigenvalue weighted by atomic mass is 9.71. The van der Waals surface area contributed by atoms with Gasteiger partial charge in [-0.2, -0.15) is 0 Å². The van der Waals surface area contributed by atoms with Gasteiger partial charge in [0, 0.05) is 30.5 Å². The summed E-state index contributed by atoms with van der Waals surface area (Å²) in [5.74, 6) is 2.66. The molecule has 1 atom stereocenters. The number of aromatic nitrogens is 2. The summed E-state index contributed by atoms with van der Waals surface area (Å²) in [5, 5.41) is 8.66. The Balaban J connectivity index is 1.65. The molecule has 31 heavy (non-hydrogen) atoms. The first kappa shape index (κ1) is 21.6. The number of benzene rings is 1. The predicted molar refractivity (Wildman–Crippen MR) is 116 cm³/mol. The van der Waals surface area contributed by atoms with E-state index in [9.17, 15) is 4.79 Å². The lowest BCUT2D eigenvalue weighted by Gasteiger charge is -2.40. The van der Waals surface area contributed by atoms with E-state index in [-0.39, 0.29) is 23.2 Å². The van der Waals surface area contributed by atoms with Crippen LogP contribution in [0.15, 0.2) is 22.6 Å². The van der Waals surface area contributed by atoms with Crippen molar-refractivity contribution in [3.63, 3.8) is 0 Å². The van der Waals surface area contributed by atoms with Gasteiger partial charge in [0.1, 0.15) is 11.5 Å². The second-order valence-corrected chi connectivity index (χ2v) is 9.10. The van der Waals surface area contributed by atoms with Crippen LogP contribution in [-0.4, -0.2) is 73.4 Å². The highest BCUT2D eigenvalue weighted by molar-refractivity contribution is 5.97. The minimum atomic E-state index is -0.0529. The first-order chi connectivity index (χ1) is 14.9. The highest BCUT2D eigenvalue weighted by atomic mass is 16.5. The zero-order valence-electron chi connectivity index (χ0n) is 19.1. The van der Waals surface area contributed by atoms with Crippen molar-refractivity contribution in [2.45, 2.75) is 38.5 Å². The van der Waals surface area contributed by atoms with E-state index in [4.69, 9.17) is 13.9 Å². The maximum Gasteiger partial charge on any atom is 0.257 e. The van der Waals surface area contributed by atoms with Gasteiger partial charge in [-0.25, -0.2) is 0 Å². The van der Waals surface area contributed by atoms with Gasteiger partial charge in [0.2, 0.25) is 11.8 Å². The molecule has 1 aromatic carbocycles. The smallest absolute Gasteiger partial charge is 0.257 e. The molecule has 0 bridgehead atoms. The summed E-state index contributed by atoms with van der Waals surface area (Å²) in [6.07, 6.45) is 1.99. The highest BCUT2D eigenvalue weighted by Gasteiger charge is 2.52. The Hall–Kier alpha value is -2.61. The highest BCUT2D eigenvalue weighted by Crippen LogP contribution is 2.50. The van der Waals surface area contributed by atoms with Crippen LogP contribution in [0, 0.1) is 5.41 Å². The Bertz CT molecular complexity index is 933. The van der Waals surface area contributed by atoms with Crippen LogP contribution in [0.1, 0.15) is 60.7 Å². The van der Waals surface area contributed by atoms with E-state index >= 15 is 0 Å². The Kier molecular flexibility index (Phi) is 5.92. The number of methoxy groups -OCH3 is 2. The number of hydrogen-bond donors (Lipinski definition) is 0. The van der Waals surface area contributed by atoms with Crippen molar-refractivity contribution in [1.82, 2.24) is 20.0 Å². The van der Waals surface area contributed by atoms with Crippen LogP contribution < -0.4 is 9.47 Å². The zero-order chi connectivity index (χ0) is 22.2. The summed E-state index contributed by atoms with van der Waals surface area (Å²) in [6.45, 7) is 7.33. The Morgan fingerprint density at radius 1 is 1.19 bits per heavy atom. The maximum atomic E-state index is 13.5. The van der Waals surface area contributed by atoms with Crippen LogP contribution in [-0.2, 0) is 0 Å². The molecular formula is C23H32N4O4. The summed E-state index contributed by atoms with van der Waals surface area (Å²) in [7, 11) is 5.31. The third kappa shape index (κ3) is 4.01. The number of piperidine rings is 1. The van der Waals surface area contributed by atoms with Crippen molar-refractivity contribution >= 4 is 5.91 Å². The van der Waals surface area contributed by atoms with Gasteiger partial charge >= 0.3 is 0 Å². The number of amides is 1. The minimum Gasteiger partial charge on any atom is -0.497 e. The fraction of sp³-hybridized carbons (Fsp3) is 0.609. The van der Waals surface area contributed by atoms with Crippen LogP contribution in [0.2, 0.25) is 0 Å². The van der Waals surface area contributed by atoms with Crippen molar-refractivity contribution in [2.75, 3.05) is 47.4 Å². The third-order valence-corrected chi connectivity index (χ3v) is 6.81. The summed E-state index contributed by atoms with van der Waals surface area (Å²) >= 11 is 0. The van der Waals surface area contributed by atoms with Gasteiger partial charge in [-0.3, -0.25) is 4.79 Å². The molecule has 2 saturated heterocycles. The summed E-state index contributed by atoms with van der Waals surface area (Å²) < 4.78 is 16.8. The number of nitrogens with zero attached hydrogens (tertiary/aromatic N) is 4. The van der Waals surface area contributed by atoms with E-state index in [2.05, 4.69) is 22.1 Å². The first-order valence-electron chi connectivity index (χ1n) is 10.9. The van der Waals surface area contributed by atoms with E-state index < -0.39 is 0 Å². The molecule has 0 N–H and O–H groups in total. The molecule has 8 heteroatoms. The van der Waals surface area contributed by atoms with Gasteiger partial charge in [0.15, 0.2) is 0 Å². The molecule has 0 aliphatic carbocycles. The van der Waals surface area contributed by atoms with E-state index in [1.54, 1.807) is 32.4 Å². The van der Waals surface area contributed by atoms with E-state index in [0.29, 0.717) is 41.9 Å². The van der Waals surface area contributed by atoms with E-state index in [0.717, 1.165) is 25.9 Å². The number of carbonyl (C=O) groups excluding carboxylic acids is 1. The van der Waals surface area contributed by atoms with E-state index in [1.165, 1.54) is 0 Å². The van der Waals surface area contributed by atoms with Crippen molar-refractivity contribution in [2.24, 2.45) is 5.41 Å². The van der Waals surface area contributed by atoms with Crippen LogP contribution in [0.3, 0.4) is 0 Å². The molecule has 8 nitrogen and oxygen atoms in total. The van der Waals surface area contributed by atoms with Crippen LogP contribution in [0.25, 0.3) is 0 Å². The Labute approximate surface area is 183 Å². The molecule has 1 unspecified atom stereocenters. The van der Waals surface area contributed by atoms with Crippen molar-refractivity contribution in [3.8, 4) is 11.5 Å². The van der Waals surface area contributed by atoms with Gasteiger partial charge < -0.3 is 23.7 Å². The van der Waals surface area contributed by atoms with Crippen molar-refractivity contribution in [1.29, 1.82) is 0 Å². The zero-order valence-corrected chi connectivity index (χ0v) is 19.1. The van der Waals surface area contributed by atoms with Gasteiger partial charge in [0.25, 0.3) is 5.91 Å². The van der Waals surface area contributed by atoms with E-state index in [1.807, 2.05) is 18.7 Å². The number of hydrogen-bond acceptors (Lipinski definition) is 7. The lowest BCUT2D eigenvalue weighted by molar-refractivity contribution is 0.0724. The van der Waals surface area contributed by atoms with Gasteiger partial charge in [0.05, 0.1) is 25.7 Å². The fourth-order valence-electron chi connectivity index (χ4n) is 4.80. The quantitative estimate of drug-likeness (QED) is 0.724. The monoisotopic (exact) mass is 428 g/mol. The van der Waals surface area contributed by atoms with Gasteiger partial charge in [-0.05, 0) is 45.1 Å². The van der Waals surface area contributed by atoms with Crippen LogP contribution >= 0.6 is 0 Å². The molecule has 1 amide bonds. The van der Waals surface area contributed by atoms with Gasteiger partial charge in [-0.1, -0.05) is 13.8 Å². The normalized spacial score (nSPS) is 21.1. The third-order valence-electron chi connectivity index (χ3n) is 6.81. The van der Waals surface area contributed by atoms with Crippen molar-refractivity contribution < 1.29 is 18.7 Å². The first-order valence-corrected chi connectivity index (χ1v) is 10.9. The molecule has 2 aliphatic rings. The van der Waals surface area contributed by atoms with Gasteiger partial charge in [-0.15, -0.1) is 10.2 Å². The van der Waals surface area contributed by atoms with Crippen LogP contribution in [0.5, 0.6) is 11.5 Å². The molecule has 2 fully saturated rings. The molecular weight excluding hydrogens is 396 g/mol. The fourth-order valence-corrected chi connectivity index (χ4v) is 4.80. The number of ether oxygens (including phenoxy) is 2. The maximum absolute atomic E-state index is 13.5. The number of rotatable bonds is 5. The Morgan fingerprint density at radius 2 is 1.94 bits per heavy atom. The topological polar surface area (TPSA) is 80.9 Å². The molecule has 2 aromatic rings. The number of carbonyl (C=O) groups is 1. The van der Waals surface area contributed by atoms with Crippen LogP contribution in [0.4, 0.5) is 0 Å². The number of likely N-dealkylation sites (tertiary alicyclic amines) is 2. The molecule has 0 radical (unpaired) electrons. The summed E-state index contributed by atoms with van der Waals surface area (Å²) in [4.78, 5) is 17.8. The molecule has 3 heterocycles. The molecule has 4 rings (SSSR count). The Morgan fingerprint density at radius 3 is 2.55 bits per heavy atom. The second-order valence-electron chi connectivity index (χ2n) is 9.10. The summed E-state index contributed by atoms with van der Waals surface area (Å²) in [6, 6.07) is 5.32. The average molecular weight is 429 g/mol. The average Bonchev–Trinajstić information content (AvgIpc) is 3.40. The lowest BCUT2D eigenvalue weighted by Crippen LogP contribution is -2.42. The standard InChI is InChI=1S/C23H32N4O4/c1-15(2)20-24-25-21(31-20)18-13-27(14-23(18)8-10-26(3)11-9-23)22(28)17-7-6-16(29-4)12-19(17)30-5/h6-7,12,15,18H,8-11,13-14H2,1-5H3. The SMILES string of the molecule is COc1ccc(C(=O)N2CC(c3nnc(C(C)C)o3)C3(CCN(C)CC3)C2)c(OC)c1. The summed E-state index contributed by atoms with van der Waals surface area (Å²) in [5.41, 5.74) is 0.489. The van der Waals surface area contributed by atoms with Crippen molar-refractivity contribution in [3.05, 3.63) is 35.5 Å². The largest absolute Gasteiger partial charge is 0.497 e.